The van der Waals surface area contributed by atoms with Crippen LogP contribution in [0.4, 0.5) is 4.39 Å². The number of piperidine rings is 1. The Morgan fingerprint density at radius 3 is 2.74 bits per heavy atom. The Morgan fingerprint density at radius 2 is 2.09 bits per heavy atom. The lowest BCUT2D eigenvalue weighted by Crippen LogP contribution is -2.47. The molecular weight excluding hydrogens is 299 g/mol. The second-order valence-corrected chi connectivity index (χ2v) is 5.96. The summed E-state index contributed by atoms with van der Waals surface area (Å²) in [7, 11) is 1.59. The van der Waals surface area contributed by atoms with Crippen molar-refractivity contribution in [3.63, 3.8) is 0 Å². The van der Waals surface area contributed by atoms with Crippen LogP contribution < -0.4 is 5.32 Å². The van der Waals surface area contributed by atoms with Gasteiger partial charge in [-0.3, -0.25) is 9.59 Å². The third-order valence-electron chi connectivity index (χ3n) is 3.98. The van der Waals surface area contributed by atoms with Crippen LogP contribution in [0.3, 0.4) is 0 Å². The molecular formula is C17H23FN2O3. The molecule has 2 amide bonds. The Balaban J connectivity index is 1.96. The van der Waals surface area contributed by atoms with Crippen LogP contribution in [-0.4, -0.2) is 49.6 Å². The fourth-order valence-electron chi connectivity index (χ4n) is 2.80. The largest absolute Gasteiger partial charge is 0.383 e. The van der Waals surface area contributed by atoms with E-state index >= 15 is 0 Å². The highest BCUT2D eigenvalue weighted by Gasteiger charge is 2.29. The number of carbonyl (C=O) groups excluding carboxylic acids is 2. The van der Waals surface area contributed by atoms with Gasteiger partial charge in [0.2, 0.25) is 5.91 Å². The maximum absolute atomic E-state index is 13.0. The van der Waals surface area contributed by atoms with E-state index in [-0.39, 0.29) is 29.6 Å². The van der Waals surface area contributed by atoms with Gasteiger partial charge in [-0.05, 0) is 44.0 Å². The summed E-state index contributed by atoms with van der Waals surface area (Å²) in [4.78, 5) is 26.4. The summed E-state index contributed by atoms with van der Waals surface area (Å²) in [6.45, 7) is 3.34. The van der Waals surface area contributed by atoms with E-state index in [0.29, 0.717) is 25.3 Å². The first kappa shape index (κ1) is 17.4. The zero-order chi connectivity index (χ0) is 16.8. The molecule has 0 aliphatic carbocycles. The van der Waals surface area contributed by atoms with E-state index < -0.39 is 0 Å². The molecule has 0 radical (unpaired) electrons. The number of ether oxygens (including phenoxy) is 1. The maximum Gasteiger partial charge on any atom is 0.253 e. The van der Waals surface area contributed by atoms with Gasteiger partial charge in [0.25, 0.3) is 5.91 Å². The summed E-state index contributed by atoms with van der Waals surface area (Å²) in [5.74, 6) is -0.796. The van der Waals surface area contributed by atoms with Gasteiger partial charge in [-0.25, -0.2) is 4.39 Å². The molecule has 0 unspecified atom stereocenters. The number of hydrogen-bond acceptors (Lipinski definition) is 3. The Labute approximate surface area is 135 Å². The minimum Gasteiger partial charge on any atom is -0.383 e. The number of halogens is 1. The topological polar surface area (TPSA) is 58.6 Å². The van der Waals surface area contributed by atoms with Gasteiger partial charge in [-0.2, -0.15) is 0 Å². The van der Waals surface area contributed by atoms with Crippen molar-refractivity contribution in [1.82, 2.24) is 10.2 Å². The monoisotopic (exact) mass is 322 g/mol. The van der Waals surface area contributed by atoms with Crippen LogP contribution in [0.15, 0.2) is 24.3 Å². The van der Waals surface area contributed by atoms with Crippen molar-refractivity contribution in [1.29, 1.82) is 0 Å². The highest BCUT2D eigenvalue weighted by atomic mass is 19.1. The predicted octanol–water partition coefficient (Wildman–Crippen LogP) is 1.83. The SMILES string of the molecule is COC[C@@H](C)NC(=O)[C@@H]1CCCN(C(=O)c2ccc(F)cc2)C1. The molecule has 1 aromatic carbocycles. The number of rotatable bonds is 5. The molecule has 6 heteroatoms. The summed E-state index contributed by atoms with van der Waals surface area (Å²) >= 11 is 0. The van der Waals surface area contributed by atoms with Crippen LogP contribution in [0.5, 0.6) is 0 Å². The molecule has 0 aromatic heterocycles. The van der Waals surface area contributed by atoms with E-state index in [1.807, 2.05) is 6.92 Å². The first-order valence-electron chi connectivity index (χ1n) is 7.85. The van der Waals surface area contributed by atoms with Gasteiger partial charge in [-0.15, -0.1) is 0 Å². The van der Waals surface area contributed by atoms with Gasteiger partial charge in [0.15, 0.2) is 0 Å². The van der Waals surface area contributed by atoms with Crippen molar-refractivity contribution in [2.45, 2.75) is 25.8 Å². The normalized spacial score (nSPS) is 19.3. The van der Waals surface area contributed by atoms with E-state index in [0.717, 1.165) is 12.8 Å². The lowest BCUT2D eigenvalue weighted by Gasteiger charge is -2.32. The van der Waals surface area contributed by atoms with Crippen LogP contribution in [0, 0.1) is 11.7 Å². The fourth-order valence-corrected chi connectivity index (χ4v) is 2.80. The molecule has 1 saturated heterocycles. The van der Waals surface area contributed by atoms with E-state index in [2.05, 4.69) is 5.32 Å². The molecule has 0 saturated carbocycles. The third kappa shape index (κ3) is 4.76. The van der Waals surface area contributed by atoms with Crippen molar-refractivity contribution < 1.29 is 18.7 Å². The zero-order valence-electron chi connectivity index (χ0n) is 13.5. The van der Waals surface area contributed by atoms with Crippen LogP contribution in [0.1, 0.15) is 30.1 Å². The molecule has 1 heterocycles. The highest BCUT2D eigenvalue weighted by molar-refractivity contribution is 5.94. The average molecular weight is 322 g/mol. The number of amides is 2. The quantitative estimate of drug-likeness (QED) is 0.900. The Kier molecular flexibility index (Phi) is 6.10. The lowest BCUT2D eigenvalue weighted by molar-refractivity contribution is -0.127. The smallest absolute Gasteiger partial charge is 0.253 e. The molecule has 2 atom stereocenters. The Morgan fingerprint density at radius 1 is 1.39 bits per heavy atom. The number of methoxy groups -OCH3 is 1. The Hall–Kier alpha value is -1.95. The van der Waals surface area contributed by atoms with E-state index in [4.69, 9.17) is 4.74 Å². The number of nitrogens with zero attached hydrogens (tertiary/aromatic N) is 1. The molecule has 5 nitrogen and oxygen atoms in total. The summed E-state index contributed by atoms with van der Waals surface area (Å²) < 4.78 is 18.0. The summed E-state index contributed by atoms with van der Waals surface area (Å²) in [5.41, 5.74) is 0.445. The average Bonchev–Trinajstić information content (AvgIpc) is 2.55. The van der Waals surface area contributed by atoms with Crippen LogP contribution in [0.25, 0.3) is 0 Å². The molecule has 126 valence electrons. The zero-order valence-corrected chi connectivity index (χ0v) is 13.5. The summed E-state index contributed by atoms with van der Waals surface area (Å²) in [6.07, 6.45) is 1.54. The molecule has 0 bridgehead atoms. The predicted molar refractivity (Wildman–Crippen MR) is 84.5 cm³/mol. The minimum atomic E-state index is -0.371. The van der Waals surface area contributed by atoms with E-state index in [9.17, 15) is 14.0 Å². The molecule has 1 fully saturated rings. The first-order valence-corrected chi connectivity index (χ1v) is 7.85. The van der Waals surface area contributed by atoms with Crippen LogP contribution in [-0.2, 0) is 9.53 Å². The lowest BCUT2D eigenvalue weighted by atomic mass is 9.96. The summed E-state index contributed by atoms with van der Waals surface area (Å²) in [6, 6.07) is 5.43. The van der Waals surface area contributed by atoms with Gasteiger partial charge in [0.1, 0.15) is 5.82 Å². The molecule has 1 aliphatic rings. The van der Waals surface area contributed by atoms with Gasteiger partial charge < -0.3 is 15.0 Å². The first-order chi connectivity index (χ1) is 11.0. The summed E-state index contributed by atoms with van der Waals surface area (Å²) in [5, 5.41) is 2.91. The fraction of sp³-hybridized carbons (Fsp3) is 0.529. The van der Waals surface area contributed by atoms with E-state index in [1.165, 1.54) is 24.3 Å². The third-order valence-corrected chi connectivity index (χ3v) is 3.98. The molecule has 23 heavy (non-hydrogen) atoms. The number of carbonyl (C=O) groups is 2. The van der Waals surface area contributed by atoms with Gasteiger partial charge in [-0.1, -0.05) is 0 Å². The van der Waals surface area contributed by atoms with Crippen molar-refractivity contribution in [2.24, 2.45) is 5.92 Å². The minimum absolute atomic E-state index is 0.0499. The van der Waals surface area contributed by atoms with Gasteiger partial charge in [0.05, 0.1) is 12.5 Å². The molecule has 2 rings (SSSR count). The van der Waals surface area contributed by atoms with Crippen LogP contribution >= 0.6 is 0 Å². The van der Waals surface area contributed by atoms with Gasteiger partial charge in [0, 0.05) is 31.8 Å². The number of hydrogen-bond donors (Lipinski definition) is 1. The van der Waals surface area contributed by atoms with Crippen molar-refractivity contribution in [3.05, 3.63) is 35.6 Å². The second-order valence-electron chi connectivity index (χ2n) is 5.96. The molecule has 1 aliphatic heterocycles. The molecule has 1 aromatic rings. The van der Waals surface area contributed by atoms with Crippen LogP contribution in [0.2, 0.25) is 0 Å². The van der Waals surface area contributed by atoms with Crippen molar-refractivity contribution >= 4 is 11.8 Å². The molecule has 1 N–H and O–H groups in total. The van der Waals surface area contributed by atoms with Crippen molar-refractivity contribution in [2.75, 3.05) is 26.8 Å². The number of benzene rings is 1. The maximum atomic E-state index is 13.0. The van der Waals surface area contributed by atoms with E-state index in [1.54, 1.807) is 12.0 Å². The number of likely N-dealkylation sites (tertiary alicyclic amines) is 1. The van der Waals surface area contributed by atoms with Gasteiger partial charge >= 0.3 is 0 Å². The number of nitrogens with one attached hydrogen (secondary N) is 1. The highest BCUT2D eigenvalue weighted by Crippen LogP contribution is 2.19. The Bertz CT molecular complexity index is 547. The standard InChI is InChI=1S/C17H23FN2O3/c1-12(11-23-2)19-16(21)14-4-3-9-20(10-14)17(22)13-5-7-15(18)8-6-13/h5-8,12,14H,3-4,9-11H2,1-2H3,(H,19,21)/t12-,14-/m1/s1. The second kappa shape index (κ2) is 8.06. The van der Waals surface area contributed by atoms with Crippen molar-refractivity contribution in [3.8, 4) is 0 Å². The molecule has 0 spiro atoms.